The number of rotatable bonds is 0. The van der Waals surface area contributed by atoms with Gasteiger partial charge in [-0.1, -0.05) is 0 Å². The van der Waals surface area contributed by atoms with Crippen LogP contribution < -0.4 is 0 Å². The lowest BCUT2D eigenvalue weighted by Gasteiger charge is -2.30. The van der Waals surface area contributed by atoms with Crippen LogP contribution in [0.5, 0.6) is 0 Å². The van der Waals surface area contributed by atoms with E-state index in [0.29, 0.717) is 6.67 Å². The molecule has 0 aromatic rings. The maximum atomic E-state index is 11.0. The smallest absolute Gasteiger partial charge is 0.266 e. The lowest BCUT2D eigenvalue weighted by atomic mass is 10.1. The van der Waals surface area contributed by atoms with Gasteiger partial charge in [0.15, 0.2) is 0 Å². The average molecular weight is 140 g/mol. The van der Waals surface area contributed by atoms with Gasteiger partial charge in [0.2, 0.25) is 0 Å². The van der Waals surface area contributed by atoms with E-state index < -0.39 is 0 Å². The zero-order chi connectivity index (χ0) is 7.78. The number of amides is 1. The fraction of sp³-hybridized carbons (Fsp3) is 0.714. The molecule has 0 aromatic heterocycles. The van der Waals surface area contributed by atoms with Crippen LogP contribution in [-0.4, -0.2) is 29.2 Å². The van der Waals surface area contributed by atoms with Crippen molar-refractivity contribution in [2.75, 3.05) is 6.67 Å². The summed E-state index contributed by atoms with van der Waals surface area (Å²) in [6.07, 6.45) is 1.38. The summed E-state index contributed by atoms with van der Waals surface area (Å²) in [5, 5.41) is 0. The van der Waals surface area contributed by atoms with Gasteiger partial charge < -0.3 is 4.90 Å². The van der Waals surface area contributed by atoms with Gasteiger partial charge in [-0.25, -0.2) is 0 Å². The third-order valence-corrected chi connectivity index (χ3v) is 1.50. The van der Waals surface area contributed by atoms with E-state index in [1.807, 2.05) is 20.8 Å². The van der Waals surface area contributed by atoms with Gasteiger partial charge >= 0.3 is 0 Å². The number of carbonyl (C=O) groups is 1. The molecule has 0 aromatic carbocycles. The summed E-state index contributed by atoms with van der Waals surface area (Å²) in [4.78, 5) is 16.6. The SMILES string of the molecule is CC(C)(C)N1CN=CC1=O. The molecule has 0 bridgehead atoms. The Morgan fingerprint density at radius 3 is 2.40 bits per heavy atom. The Hall–Kier alpha value is -0.860. The highest BCUT2D eigenvalue weighted by Gasteiger charge is 2.27. The Bertz CT molecular complexity index is 179. The molecular weight excluding hydrogens is 128 g/mol. The van der Waals surface area contributed by atoms with Crippen molar-refractivity contribution >= 4 is 12.1 Å². The van der Waals surface area contributed by atoms with E-state index >= 15 is 0 Å². The molecule has 3 heteroatoms. The first-order valence-corrected chi connectivity index (χ1v) is 3.33. The van der Waals surface area contributed by atoms with Crippen LogP contribution >= 0.6 is 0 Å². The van der Waals surface area contributed by atoms with Gasteiger partial charge in [-0.3, -0.25) is 9.79 Å². The molecule has 0 fully saturated rings. The van der Waals surface area contributed by atoms with Crippen LogP contribution in [0, 0.1) is 0 Å². The summed E-state index contributed by atoms with van der Waals surface area (Å²) in [6, 6.07) is 0. The number of nitrogens with zero attached hydrogens (tertiary/aromatic N) is 2. The molecule has 1 rings (SSSR count). The molecule has 0 unspecified atom stereocenters. The molecule has 1 heterocycles. The van der Waals surface area contributed by atoms with Crippen LogP contribution in [0.1, 0.15) is 20.8 Å². The van der Waals surface area contributed by atoms with Gasteiger partial charge in [-0.2, -0.15) is 0 Å². The van der Waals surface area contributed by atoms with Crippen molar-refractivity contribution in [3.05, 3.63) is 0 Å². The summed E-state index contributed by atoms with van der Waals surface area (Å²) in [5.41, 5.74) is -0.0897. The zero-order valence-electron chi connectivity index (χ0n) is 6.59. The van der Waals surface area contributed by atoms with Gasteiger partial charge in [0.25, 0.3) is 5.91 Å². The Morgan fingerprint density at radius 1 is 1.60 bits per heavy atom. The molecule has 0 atom stereocenters. The molecule has 56 valence electrons. The molecule has 0 saturated carbocycles. The zero-order valence-corrected chi connectivity index (χ0v) is 6.59. The molecule has 3 nitrogen and oxygen atoms in total. The summed E-state index contributed by atoms with van der Waals surface area (Å²) in [6.45, 7) is 6.51. The summed E-state index contributed by atoms with van der Waals surface area (Å²) >= 11 is 0. The largest absolute Gasteiger partial charge is 0.313 e. The highest BCUT2D eigenvalue weighted by Crippen LogP contribution is 2.14. The number of carbonyl (C=O) groups excluding carboxylic acids is 1. The summed E-state index contributed by atoms with van der Waals surface area (Å²) < 4.78 is 0. The van der Waals surface area contributed by atoms with Gasteiger partial charge in [0, 0.05) is 5.54 Å². The Labute approximate surface area is 60.7 Å². The lowest BCUT2D eigenvalue weighted by molar-refractivity contribution is -0.126. The van der Waals surface area contributed by atoms with E-state index in [1.54, 1.807) is 4.90 Å². The predicted octanol–water partition coefficient (Wildman–Crippen LogP) is 0.655. The van der Waals surface area contributed by atoms with Crippen molar-refractivity contribution in [1.82, 2.24) is 4.90 Å². The molecule has 0 radical (unpaired) electrons. The molecular formula is C7H12N2O. The van der Waals surface area contributed by atoms with Crippen molar-refractivity contribution in [1.29, 1.82) is 0 Å². The van der Waals surface area contributed by atoms with Crippen LogP contribution in [0.4, 0.5) is 0 Å². The standard InChI is InChI=1S/C7H12N2O/c1-7(2,3)9-5-8-4-6(9)10/h4H,5H2,1-3H3. The van der Waals surface area contributed by atoms with Gasteiger partial charge in [-0.05, 0) is 20.8 Å². The topological polar surface area (TPSA) is 32.7 Å². The van der Waals surface area contributed by atoms with Crippen LogP contribution in [0.15, 0.2) is 4.99 Å². The van der Waals surface area contributed by atoms with Gasteiger partial charge in [-0.15, -0.1) is 0 Å². The van der Waals surface area contributed by atoms with Crippen molar-refractivity contribution in [3.63, 3.8) is 0 Å². The lowest BCUT2D eigenvalue weighted by Crippen LogP contribution is -2.43. The van der Waals surface area contributed by atoms with Crippen molar-refractivity contribution in [2.24, 2.45) is 4.99 Å². The van der Waals surface area contributed by atoms with E-state index in [1.165, 1.54) is 6.21 Å². The van der Waals surface area contributed by atoms with Gasteiger partial charge in [0.05, 0.1) is 6.21 Å². The van der Waals surface area contributed by atoms with Crippen LogP contribution in [-0.2, 0) is 4.79 Å². The molecule has 10 heavy (non-hydrogen) atoms. The van der Waals surface area contributed by atoms with E-state index in [2.05, 4.69) is 4.99 Å². The van der Waals surface area contributed by atoms with E-state index in [4.69, 9.17) is 0 Å². The Balaban J connectivity index is 2.69. The Kier molecular flexibility index (Phi) is 1.50. The normalized spacial score (nSPS) is 18.7. The quantitative estimate of drug-likeness (QED) is 0.486. The van der Waals surface area contributed by atoms with Crippen molar-refractivity contribution in [2.45, 2.75) is 26.3 Å². The molecule has 1 aliphatic heterocycles. The van der Waals surface area contributed by atoms with Crippen LogP contribution in [0.25, 0.3) is 0 Å². The maximum absolute atomic E-state index is 11.0. The summed E-state index contributed by atoms with van der Waals surface area (Å²) in [5.74, 6) is 0.0208. The molecule has 0 saturated heterocycles. The van der Waals surface area contributed by atoms with Crippen molar-refractivity contribution < 1.29 is 4.79 Å². The maximum Gasteiger partial charge on any atom is 0.266 e. The highest BCUT2D eigenvalue weighted by atomic mass is 16.2. The number of hydrogen-bond donors (Lipinski definition) is 0. The van der Waals surface area contributed by atoms with Gasteiger partial charge in [0.1, 0.15) is 6.67 Å². The Morgan fingerprint density at radius 2 is 2.20 bits per heavy atom. The van der Waals surface area contributed by atoms with Crippen molar-refractivity contribution in [3.8, 4) is 0 Å². The monoisotopic (exact) mass is 140 g/mol. The minimum absolute atomic E-state index is 0.0208. The molecule has 0 aliphatic carbocycles. The minimum atomic E-state index is -0.0897. The second-order valence-electron chi connectivity index (χ2n) is 3.39. The molecule has 0 spiro atoms. The fourth-order valence-corrected chi connectivity index (χ4v) is 0.883. The average Bonchev–Trinajstić information content (AvgIpc) is 2.11. The second-order valence-corrected chi connectivity index (χ2v) is 3.39. The van der Waals surface area contributed by atoms with E-state index in [-0.39, 0.29) is 11.4 Å². The van der Waals surface area contributed by atoms with Crippen LogP contribution in [0.2, 0.25) is 0 Å². The molecule has 1 aliphatic rings. The third-order valence-electron chi connectivity index (χ3n) is 1.50. The first-order valence-electron chi connectivity index (χ1n) is 3.33. The molecule has 1 amide bonds. The number of aliphatic imine (C=N–C) groups is 1. The fourth-order valence-electron chi connectivity index (χ4n) is 0.883. The summed E-state index contributed by atoms with van der Waals surface area (Å²) in [7, 11) is 0. The molecule has 0 N–H and O–H groups in total. The van der Waals surface area contributed by atoms with E-state index in [0.717, 1.165) is 0 Å². The first-order chi connectivity index (χ1) is 4.52. The van der Waals surface area contributed by atoms with Crippen LogP contribution in [0.3, 0.4) is 0 Å². The predicted molar refractivity (Wildman–Crippen MR) is 40.0 cm³/mol. The van der Waals surface area contributed by atoms with E-state index in [9.17, 15) is 4.79 Å². The first kappa shape index (κ1) is 7.25. The second kappa shape index (κ2) is 2.08. The third kappa shape index (κ3) is 1.17. The highest BCUT2D eigenvalue weighted by molar-refractivity contribution is 6.27. The minimum Gasteiger partial charge on any atom is -0.313 e. The number of hydrogen-bond acceptors (Lipinski definition) is 2.